The summed E-state index contributed by atoms with van der Waals surface area (Å²) >= 11 is 6.51. The third-order valence-corrected chi connectivity index (χ3v) is 7.07. The number of aromatic nitrogens is 1. The molecule has 0 saturated heterocycles. The van der Waals surface area contributed by atoms with Gasteiger partial charge in [-0.1, -0.05) is 35.9 Å². The van der Waals surface area contributed by atoms with Gasteiger partial charge in [-0.3, -0.25) is 9.11 Å². The summed E-state index contributed by atoms with van der Waals surface area (Å²) in [7, 11) is -2.82. The fraction of sp³-hybridized carbons (Fsp3) is 0.250. The molecule has 2 heterocycles. The Hall–Kier alpha value is -1.83. The summed E-state index contributed by atoms with van der Waals surface area (Å²) in [5, 5.41) is 11.1. The van der Waals surface area contributed by atoms with Gasteiger partial charge in [-0.15, -0.1) is 0 Å². The Labute approximate surface area is 164 Å². The number of rotatable bonds is 2. The maximum absolute atomic E-state index is 10.5. The summed E-state index contributed by atoms with van der Waals surface area (Å²) in [6.07, 6.45) is -0.572. The molecule has 27 heavy (non-hydrogen) atoms. The fourth-order valence-corrected chi connectivity index (χ4v) is 5.18. The van der Waals surface area contributed by atoms with E-state index in [0.29, 0.717) is 28.8 Å². The minimum absolute atomic E-state index is 0.252. The zero-order valence-corrected chi connectivity index (χ0v) is 16.4. The van der Waals surface area contributed by atoms with Crippen molar-refractivity contribution in [1.82, 2.24) is 4.98 Å². The standard InChI is InChI=1S/C20H21ClN2O3S/c1-13(24)14-6-7-18-16(10-14)17(21)11-20(22-18)23-8-9-27(25,26)19-5-3-2-4-15(19)12-23/h2-7,10-11,13,24-26H,8-9,12H2,1H3. The average molecular weight is 405 g/mol. The number of hydrogen-bond acceptors (Lipinski definition) is 5. The molecule has 1 aliphatic heterocycles. The van der Waals surface area contributed by atoms with E-state index in [1.54, 1.807) is 19.1 Å². The molecule has 0 radical (unpaired) electrons. The van der Waals surface area contributed by atoms with E-state index in [-0.39, 0.29) is 5.75 Å². The van der Waals surface area contributed by atoms with Gasteiger partial charge in [0, 0.05) is 18.5 Å². The molecule has 0 fully saturated rings. The highest BCUT2D eigenvalue weighted by Gasteiger charge is 2.26. The lowest BCUT2D eigenvalue weighted by atomic mass is 10.1. The van der Waals surface area contributed by atoms with Gasteiger partial charge < -0.3 is 10.0 Å². The number of halogens is 1. The van der Waals surface area contributed by atoms with Crippen LogP contribution in [0.5, 0.6) is 0 Å². The van der Waals surface area contributed by atoms with E-state index < -0.39 is 16.7 Å². The number of benzene rings is 2. The molecule has 142 valence electrons. The van der Waals surface area contributed by atoms with Crippen LogP contribution in [-0.4, -0.2) is 31.5 Å². The van der Waals surface area contributed by atoms with Crippen LogP contribution in [0.25, 0.3) is 10.9 Å². The summed E-state index contributed by atoms with van der Waals surface area (Å²) in [5.74, 6) is 0.951. The van der Waals surface area contributed by atoms with Crippen molar-refractivity contribution in [3.8, 4) is 0 Å². The Kier molecular flexibility index (Phi) is 4.78. The Balaban J connectivity index is 1.75. The summed E-state index contributed by atoms with van der Waals surface area (Å²) in [5.41, 5.74) is 2.42. The molecule has 1 aromatic heterocycles. The van der Waals surface area contributed by atoms with Crippen molar-refractivity contribution in [1.29, 1.82) is 0 Å². The van der Waals surface area contributed by atoms with Gasteiger partial charge in [-0.2, -0.15) is 10.6 Å². The summed E-state index contributed by atoms with van der Waals surface area (Å²) < 4.78 is 21.0. The molecule has 0 aliphatic carbocycles. The topological polar surface area (TPSA) is 76.8 Å². The number of hydrogen-bond donors (Lipinski definition) is 3. The molecule has 0 bridgehead atoms. The van der Waals surface area contributed by atoms with E-state index in [0.717, 1.165) is 22.0 Å². The lowest BCUT2D eigenvalue weighted by Gasteiger charge is -2.32. The molecule has 0 spiro atoms. The zero-order valence-electron chi connectivity index (χ0n) is 14.8. The van der Waals surface area contributed by atoms with E-state index in [9.17, 15) is 14.2 Å². The van der Waals surface area contributed by atoms with Crippen molar-refractivity contribution < 1.29 is 14.2 Å². The van der Waals surface area contributed by atoms with Gasteiger partial charge in [-0.05, 0) is 42.3 Å². The normalized spacial score (nSPS) is 18.6. The van der Waals surface area contributed by atoms with Crippen LogP contribution in [0, 0.1) is 0 Å². The molecule has 1 aliphatic rings. The lowest BCUT2D eigenvalue weighted by molar-refractivity contribution is 0.199. The second-order valence-corrected chi connectivity index (χ2v) is 9.40. The Bertz CT molecular complexity index is 1010. The van der Waals surface area contributed by atoms with Crippen molar-refractivity contribution in [2.75, 3.05) is 17.2 Å². The molecule has 3 aromatic rings. The third kappa shape index (κ3) is 3.51. The van der Waals surface area contributed by atoms with Crippen molar-refractivity contribution in [2.45, 2.75) is 24.5 Å². The fourth-order valence-electron chi connectivity index (χ4n) is 3.39. The monoisotopic (exact) mass is 404 g/mol. The predicted octanol–water partition coefficient (Wildman–Crippen LogP) is 5.07. The number of aliphatic hydroxyl groups is 1. The molecule has 1 unspecified atom stereocenters. The first-order valence-corrected chi connectivity index (χ1v) is 10.8. The summed E-state index contributed by atoms with van der Waals surface area (Å²) in [6.45, 7) is 2.72. The minimum Gasteiger partial charge on any atom is -0.389 e. The largest absolute Gasteiger partial charge is 0.389 e. The third-order valence-electron chi connectivity index (χ3n) is 4.91. The Morgan fingerprint density at radius 3 is 2.70 bits per heavy atom. The predicted molar refractivity (Wildman–Crippen MR) is 111 cm³/mol. The molecule has 0 amide bonds. The summed E-state index contributed by atoms with van der Waals surface area (Å²) in [4.78, 5) is 7.36. The number of aliphatic hydroxyl groups excluding tert-OH is 1. The highest BCUT2D eigenvalue weighted by Crippen LogP contribution is 2.51. The second kappa shape index (κ2) is 6.96. The van der Waals surface area contributed by atoms with Crippen molar-refractivity contribution in [3.63, 3.8) is 0 Å². The van der Waals surface area contributed by atoms with Crippen molar-refractivity contribution >= 4 is 38.9 Å². The van der Waals surface area contributed by atoms with Gasteiger partial charge in [0.1, 0.15) is 5.82 Å². The van der Waals surface area contributed by atoms with Gasteiger partial charge >= 0.3 is 0 Å². The van der Waals surface area contributed by atoms with Crippen LogP contribution in [0.2, 0.25) is 5.02 Å². The molecule has 5 nitrogen and oxygen atoms in total. The zero-order chi connectivity index (χ0) is 19.2. The molecular formula is C20H21ClN2O3S. The van der Waals surface area contributed by atoms with Crippen LogP contribution in [0.1, 0.15) is 24.2 Å². The molecular weight excluding hydrogens is 384 g/mol. The lowest BCUT2D eigenvalue weighted by Crippen LogP contribution is -2.26. The molecule has 3 N–H and O–H groups in total. The summed E-state index contributed by atoms with van der Waals surface area (Å²) in [6, 6.07) is 14.8. The van der Waals surface area contributed by atoms with Gasteiger partial charge in [0.05, 0.1) is 27.3 Å². The first-order chi connectivity index (χ1) is 12.8. The van der Waals surface area contributed by atoms with Crippen LogP contribution in [0.15, 0.2) is 53.4 Å². The van der Waals surface area contributed by atoms with Crippen molar-refractivity contribution in [3.05, 3.63) is 64.7 Å². The second-order valence-electron chi connectivity index (χ2n) is 6.81. The average Bonchev–Trinajstić information content (AvgIpc) is 2.78. The SMILES string of the molecule is CC(O)c1ccc2nc(N3CCS(O)(O)c4ccccc4C3)cc(Cl)c2c1. The Morgan fingerprint density at radius 1 is 1.15 bits per heavy atom. The number of pyridine rings is 1. The molecule has 2 aromatic carbocycles. The highest BCUT2D eigenvalue weighted by atomic mass is 35.5. The number of nitrogens with zero attached hydrogens (tertiary/aromatic N) is 2. The van der Waals surface area contributed by atoms with E-state index >= 15 is 0 Å². The molecule has 1 atom stereocenters. The van der Waals surface area contributed by atoms with Crippen LogP contribution in [0.3, 0.4) is 0 Å². The Morgan fingerprint density at radius 2 is 1.93 bits per heavy atom. The van der Waals surface area contributed by atoms with Crippen LogP contribution in [0.4, 0.5) is 5.82 Å². The first-order valence-electron chi connectivity index (χ1n) is 8.72. The van der Waals surface area contributed by atoms with Gasteiger partial charge in [0.25, 0.3) is 0 Å². The minimum atomic E-state index is -2.82. The molecule has 4 rings (SSSR count). The maximum atomic E-state index is 10.5. The van der Waals surface area contributed by atoms with E-state index in [2.05, 4.69) is 0 Å². The quantitative estimate of drug-likeness (QED) is 0.555. The number of anilines is 1. The van der Waals surface area contributed by atoms with Gasteiger partial charge in [0.2, 0.25) is 0 Å². The first kappa shape index (κ1) is 18.5. The van der Waals surface area contributed by atoms with Gasteiger partial charge in [-0.25, -0.2) is 4.98 Å². The van der Waals surface area contributed by atoms with Gasteiger partial charge in [0.15, 0.2) is 0 Å². The van der Waals surface area contributed by atoms with E-state index in [1.165, 1.54) is 0 Å². The van der Waals surface area contributed by atoms with E-state index in [4.69, 9.17) is 16.6 Å². The van der Waals surface area contributed by atoms with Crippen LogP contribution in [-0.2, 0) is 6.54 Å². The number of fused-ring (bicyclic) bond motifs is 2. The highest BCUT2D eigenvalue weighted by molar-refractivity contribution is 8.24. The van der Waals surface area contributed by atoms with Crippen LogP contribution >= 0.6 is 22.2 Å². The smallest absolute Gasteiger partial charge is 0.131 e. The molecule has 0 saturated carbocycles. The van der Waals surface area contributed by atoms with E-state index in [1.807, 2.05) is 41.3 Å². The molecule has 7 heteroatoms. The van der Waals surface area contributed by atoms with Crippen LogP contribution < -0.4 is 4.90 Å². The van der Waals surface area contributed by atoms with Crippen molar-refractivity contribution in [2.24, 2.45) is 0 Å². The maximum Gasteiger partial charge on any atom is 0.131 e.